The van der Waals surface area contributed by atoms with Crippen molar-refractivity contribution in [2.75, 3.05) is 26.0 Å². The number of aromatic nitrogens is 5. The van der Waals surface area contributed by atoms with Crippen molar-refractivity contribution in [1.82, 2.24) is 29.2 Å². The van der Waals surface area contributed by atoms with E-state index in [1.807, 2.05) is 37.1 Å². The molecule has 1 N–H and O–H groups in total. The van der Waals surface area contributed by atoms with Crippen LogP contribution in [-0.4, -0.2) is 49.9 Å². The molecule has 3 aromatic heterocycles. The van der Waals surface area contributed by atoms with E-state index >= 15 is 0 Å². The van der Waals surface area contributed by atoms with Gasteiger partial charge >= 0.3 is 0 Å². The fourth-order valence-corrected chi connectivity index (χ4v) is 3.73. The van der Waals surface area contributed by atoms with Crippen LogP contribution in [-0.2, 0) is 6.54 Å². The van der Waals surface area contributed by atoms with Gasteiger partial charge in [-0.15, -0.1) is 0 Å². The van der Waals surface area contributed by atoms with Gasteiger partial charge in [0.2, 0.25) is 5.95 Å². The standard InChI is InChI=1S/C20H24N8O/c1-26(2)9-10-27-8-7-17(25-27)23-20-22-13-15-11-14(12-21)19(29)28(18(15)24-20)16-5-3-4-6-16/h7-8,11,13,16H,3-6,9-10H2,1-2H3,(H,22,23,24,25). The van der Waals surface area contributed by atoms with Crippen LogP contribution in [0, 0.1) is 11.3 Å². The smallest absolute Gasteiger partial charge is 0.270 e. The Labute approximate surface area is 168 Å². The number of fused-ring (bicyclic) bond motifs is 1. The number of hydrogen-bond donors (Lipinski definition) is 1. The number of rotatable bonds is 6. The first-order valence-electron chi connectivity index (χ1n) is 9.83. The van der Waals surface area contributed by atoms with E-state index < -0.39 is 0 Å². The van der Waals surface area contributed by atoms with Crippen molar-refractivity contribution in [3.63, 3.8) is 0 Å². The molecule has 0 atom stereocenters. The SMILES string of the molecule is CN(C)CCn1ccc(Nc2ncc3cc(C#N)c(=O)n(C4CCCC4)c3n2)n1. The summed E-state index contributed by atoms with van der Waals surface area (Å²) in [7, 11) is 4.04. The lowest BCUT2D eigenvalue weighted by Crippen LogP contribution is -2.26. The fraction of sp³-hybridized carbons (Fsp3) is 0.450. The third kappa shape index (κ3) is 3.98. The van der Waals surface area contributed by atoms with Gasteiger partial charge in [-0.2, -0.15) is 15.3 Å². The molecule has 1 fully saturated rings. The third-order valence-corrected chi connectivity index (χ3v) is 5.24. The van der Waals surface area contributed by atoms with E-state index in [0.717, 1.165) is 38.8 Å². The number of hydrogen-bond acceptors (Lipinski definition) is 7. The second-order valence-corrected chi connectivity index (χ2v) is 7.65. The van der Waals surface area contributed by atoms with Crippen molar-refractivity contribution >= 4 is 22.8 Å². The Morgan fingerprint density at radius 2 is 2.14 bits per heavy atom. The van der Waals surface area contributed by atoms with Crippen LogP contribution < -0.4 is 10.9 Å². The zero-order valence-electron chi connectivity index (χ0n) is 16.7. The maximum Gasteiger partial charge on any atom is 0.270 e. The first kappa shape index (κ1) is 19.1. The van der Waals surface area contributed by atoms with Crippen LogP contribution in [0.5, 0.6) is 0 Å². The molecule has 0 radical (unpaired) electrons. The van der Waals surface area contributed by atoms with Crippen LogP contribution in [0.2, 0.25) is 0 Å². The number of nitrogens with one attached hydrogen (secondary N) is 1. The van der Waals surface area contributed by atoms with Gasteiger partial charge in [0.15, 0.2) is 5.82 Å². The molecular formula is C20H24N8O. The summed E-state index contributed by atoms with van der Waals surface area (Å²) in [5, 5.41) is 17.6. The van der Waals surface area contributed by atoms with Crippen LogP contribution in [0.15, 0.2) is 29.3 Å². The van der Waals surface area contributed by atoms with E-state index in [0.29, 0.717) is 22.8 Å². The Morgan fingerprint density at radius 1 is 1.34 bits per heavy atom. The summed E-state index contributed by atoms with van der Waals surface area (Å²) in [4.78, 5) is 23.9. The molecule has 1 aliphatic rings. The monoisotopic (exact) mass is 392 g/mol. The van der Waals surface area contributed by atoms with E-state index in [9.17, 15) is 10.1 Å². The molecule has 4 rings (SSSR count). The highest BCUT2D eigenvalue weighted by Crippen LogP contribution is 2.30. The van der Waals surface area contributed by atoms with E-state index in [4.69, 9.17) is 0 Å². The Bertz CT molecular complexity index is 1120. The molecule has 0 aromatic carbocycles. The van der Waals surface area contributed by atoms with Gasteiger partial charge in [0, 0.05) is 36.4 Å². The number of nitrogens with zero attached hydrogens (tertiary/aromatic N) is 7. The average Bonchev–Trinajstić information content (AvgIpc) is 3.38. The molecule has 1 saturated carbocycles. The summed E-state index contributed by atoms with van der Waals surface area (Å²) in [6.45, 7) is 1.67. The number of pyridine rings is 1. The molecule has 0 aliphatic heterocycles. The van der Waals surface area contributed by atoms with Gasteiger partial charge in [-0.3, -0.25) is 14.0 Å². The fourth-order valence-electron chi connectivity index (χ4n) is 3.73. The summed E-state index contributed by atoms with van der Waals surface area (Å²) in [6.07, 6.45) is 7.56. The van der Waals surface area contributed by atoms with Crippen molar-refractivity contribution in [1.29, 1.82) is 5.26 Å². The Balaban J connectivity index is 1.67. The lowest BCUT2D eigenvalue weighted by molar-refractivity contribution is 0.373. The quantitative estimate of drug-likeness (QED) is 0.686. The van der Waals surface area contributed by atoms with Gasteiger partial charge in [0.1, 0.15) is 17.3 Å². The first-order chi connectivity index (χ1) is 14.0. The molecule has 0 saturated heterocycles. The third-order valence-electron chi connectivity index (χ3n) is 5.24. The maximum atomic E-state index is 12.8. The molecule has 3 aromatic rings. The minimum absolute atomic E-state index is 0.0753. The van der Waals surface area contributed by atoms with Crippen molar-refractivity contribution < 1.29 is 0 Å². The minimum Gasteiger partial charge on any atom is -0.308 e. The van der Waals surface area contributed by atoms with Crippen molar-refractivity contribution in [2.45, 2.75) is 38.3 Å². The molecule has 9 heteroatoms. The largest absolute Gasteiger partial charge is 0.308 e. The zero-order chi connectivity index (χ0) is 20.4. The number of anilines is 2. The molecule has 3 heterocycles. The van der Waals surface area contributed by atoms with Crippen LogP contribution in [0.1, 0.15) is 37.3 Å². The highest BCUT2D eigenvalue weighted by molar-refractivity contribution is 5.77. The van der Waals surface area contributed by atoms with Crippen molar-refractivity contribution in [3.05, 3.63) is 40.4 Å². The Morgan fingerprint density at radius 3 is 2.86 bits per heavy atom. The number of nitriles is 1. The van der Waals surface area contributed by atoms with Crippen LogP contribution in [0.4, 0.5) is 11.8 Å². The lowest BCUT2D eigenvalue weighted by Gasteiger charge is -2.16. The molecule has 29 heavy (non-hydrogen) atoms. The van der Waals surface area contributed by atoms with Crippen LogP contribution >= 0.6 is 0 Å². The second kappa shape index (κ2) is 8.01. The van der Waals surface area contributed by atoms with Crippen LogP contribution in [0.25, 0.3) is 11.0 Å². The highest BCUT2D eigenvalue weighted by Gasteiger charge is 2.22. The highest BCUT2D eigenvalue weighted by atomic mass is 16.1. The molecule has 0 bridgehead atoms. The van der Waals surface area contributed by atoms with Crippen LogP contribution in [0.3, 0.4) is 0 Å². The van der Waals surface area contributed by atoms with Gasteiger partial charge in [-0.1, -0.05) is 12.8 Å². The van der Waals surface area contributed by atoms with E-state index in [2.05, 4.69) is 25.3 Å². The number of likely N-dealkylation sites (N-methyl/N-ethyl adjacent to an activating group) is 1. The van der Waals surface area contributed by atoms with Gasteiger partial charge < -0.3 is 10.2 Å². The summed E-state index contributed by atoms with van der Waals surface area (Å²) < 4.78 is 3.54. The first-order valence-corrected chi connectivity index (χ1v) is 9.83. The second-order valence-electron chi connectivity index (χ2n) is 7.65. The molecule has 0 amide bonds. The normalized spacial score (nSPS) is 14.6. The van der Waals surface area contributed by atoms with E-state index in [1.54, 1.807) is 16.8 Å². The van der Waals surface area contributed by atoms with E-state index in [-0.39, 0.29) is 17.2 Å². The topological polar surface area (TPSA) is 105 Å². The van der Waals surface area contributed by atoms with Gasteiger partial charge in [-0.25, -0.2) is 4.98 Å². The molecule has 150 valence electrons. The average molecular weight is 392 g/mol. The summed E-state index contributed by atoms with van der Waals surface area (Å²) >= 11 is 0. The summed E-state index contributed by atoms with van der Waals surface area (Å²) in [5.41, 5.74) is 0.420. The zero-order valence-corrected chi connectivity index (χ0v) is 16.7. The Hall–Kier alpha value is -3.25. The molecule has 0 spiro atoms. The van der Waals surface area contributed by atoms with Gasteiger partial charge in [0.25, 0.3) is 5.56 Å². The van der Waals surface area contributed by atoms with Gasteiger partial charge in [0.05, 0.1) is 6.54 Å². The predicted molar refractivity (Wildman–Crippen MR) is 110 cm³/mol. The van der Waals surface area contributed by atoms with Crippen molar-refractivity contribution in [3.8, 4) is 6.07 Å². The lowest BCUT2D eigenvalue weighted by atomic mass is 10.2. The maximum absolute atomic E-state index is 12.8. The summed E-state index contributed by atoms with van der Waals surface area (Å²) in [5.74, 6) is 1.03. The molecule has 0 unspecified atom stereocenters. The van der Waals surface area contributed by atoms with Gasteiger partial charge in [-0.05, 0) is 33.0 Å². The predicted octanol–water partition coefficient (Wildman–Crippen LogP) is 2.28. The molecule has 9 nitrogen and oxygen atoms in total. The van der Waals surface area contributed by atoms with Crippen molar-refractivity contribution in [2.24, 2.45) is 0 Å². The Kier molecular flexibility index (Phi) is 5.27. The molecule has 1 aliphatic carbocycles. The molecular weight excluding hydrogens is 368 g/mol. The minimum atomic E-state index is -0.274. The van der Waals surface area contributed by atoms with E-state index in [1.165, 1.54) is 0 Å². The summed E-state index contributed by atoms with van der Waals surface area (Å²) in [6, 6.07) is 5.52.